The van der Waals surface area contributed by atoms with Crippen molar-refractivity contribution in [2.75, 3.05) is 11.9 Å². The Hall–Kier alpha value is -2.12. The molecule has 7 nitrogen and oxygen atoms in total. The summed E-state index contributed by atoms with van der Waals surface area (Å²) in [4.78, 5) is 35.6. The highest BCUT2D eigenvalue weighted by Crippen LogP contribution is 2.11. The zero-order valence-electron chi connectivity index (χ0n) is 15.6. The Labute approximate surface area is 160 Å². The number of esters is 1. The molecule has 1 rings (SSSR count). The van der Waals surface area contributed by atoms with E-state index in [4.69, 9.17) is 10.5 Å². The molecule has 0 radical (unpaired) electrons. The van der Waals surface area contributed by atoms with Gasteiger partial charge in [0.25, 0.3) is 5.91 Å². The second-order valence-corrected chi connectivity index (χ2v) is 6.25. The number of halogens is 1. The standard InChI is InChI=1S/C18H27N3O4.ClH/c1-5-25-18(24)12(4)20-16(22)13-6-8-14(9-7-13)21-17(23)15(19)10-11(2)3;/h6-9,11-12,15H,5,10,19H2,1-4H3,(H,20,22)(H,21,23);1H/t12?,15-;/m0./s1. The van der Waals surface area contributed by atoms with Crippen LogP contribution in [-0.4, -0.2) is 36.5 Å². The minimum Gasteiger partial charge on any atom is -0.464 e. The number of nitrogens with one attached hydrogen (secondary N) is 2. The zero-order valence-corrected chi connectivity index (χ0v) is 16.4. The highest BCUT2D eigenvalue weighted by molar-refractivity contribution is 5.98. The number of carbonyl (C=O) groups is 3. The molecule has 0 aliphatic carbocycles. The van der Waals surface area contributed by atoms with E-state index in [1.807, 2.05) is 13.8 Å². The van der Waals surface area contributed by atoms with Gasteiger partial charge in [-0.05, 0) is 50.5 Å². The molecule has 2 amide bonds. The van der Waals surface area contributed by atoms with Crippen LogP contribution in [0.4, 0.5) is 5.69 Å². The van der Waals surface area contributed by atoms with Crippen LogP contribution in [0.25, 0.3) is 0 Å². The molecule has 0 heterocycles. The number of amides is 2. The van der Waals surface area contributed by atoms with E-state index in [9.17, 15) is 14.4 Å². The smallest absolute Gasteiger partial charge is 0.328 e. The van der Waals surface area contributed by atoms with Crippen molar-refractivity contribution in [3.05, 3.63) is 29.8 Å². The van der Waals surface area contributed by atoms with E-state index < -0.39 is 24.0 Å². The van der Waals surface area contributed by atoms with Gasteiger partial charge >= 0.3 is 5.97 Å². The predicted molar refractivity (Wildman–Crippen MR) is 103 cm³/mol. The Morgan fingerprint density at radius 3 is 2.19 bits per heavy atom. The molecule has 8 heteroatoms. The molecule has 146 valence electrons. The Kier molecular flexibility index (Phi) is 10.6. The first kappa shape index (κ1) is 23.9. The maximum absolute atomic E-state index is 12.1. The van der Waals surface area contributed by atoms with Crippen molar-refractivity contribution in [1.29, 1.82) is 0 Å². The summed E-state index contributed by atoms with van der Waals surface area (Å²) >= 11 is 0. The topological polar surface area (TPSA) is 111 Å². The maximum atomic E-state index is 12.1. The second-order valence-electron chi connectivity index (χ2n) is 6.25. The van der Waals surface area contributed by atoms with Crippen LogP contribution >= 0.6 is 12.4 Å². The van der Waals surface area contributed by atoms with E-state index in [1.54, 1.807) is 38.1 Å². The van der Waals surface area contributed by atoms with Crippen LogP contribution in [0.3, 0.4) is 0 Å². The Balaban J connectivity index is 0.00000625. The first-order chi connectivity index (χ1) is 11.7. The molecular formula is C18H28ClN3O4. The summed E-state index contributed by atoms with van der Waals surface area (Å²) in [5, 5.41) is 5.28. The fourth-order valence-electron chi connectivity index (χ4n) is 2.16. The Morgan fingerprint density at radius 1 is 1.12 bits per heavy atom. The Bertz CT molecular complexity index is 605. The monoisotopic (exact) mass is 385 g/mol. The van der Waals surface area contributed by atoms with Crippen molar-refractivity contribution in [3.63, 3.8) is 0 Å². The van der Waals surface area contributed by atoms with Crippen LogP contribution < -0.4 is 16.4 Å². The molecule has 1 aromatic rings. The van der Waals surface area contributed by atoms with Crippen molar-refractivity contribution in [2.45, 2.75) is 46.2 Å². The third-order valence-corrected chi connectivity index (χ3v) is 3.46. The van der Waals surface area contributed by atoms with Gasteiger partial charge in [0, 0.05) is 11.3 Å². The van der Waals surface area contributed by atoms with Gasteiger partial charge in [0.05, 0.1) is 12.6 Å². The molecule has 26 heavy (non-hydrogen) atoms. The summed E-state index contributed by atoms with van der Waals surface area (Å²) in [6.45, 7) is 7.51. The van der Waals surface area contributed by atoms with Gasteiger partial charge in [-0.25, -0.2) is 4.79 Å². The SMILES string of the molecule is CCOC(=O)C(C)NC(=O)c1ccc(NC(=O)[C@@H](N)CC(C)C)cc1.Cl. The average Bonchev–Trinajstić information content (AvgIpc) is 2.54. The number of ether oxygens (including phenoxy) is 1. The van der Waals surface area contributed by atoms with E-state index >= 15 is 0 Å². The van der Waals surface area contributed by atoms with Crippen LogP contribution in [0.2, 0.25) is 0 Å². The van der Waals surface area contributed by atoms with Crippen LogP contribution in [0, 0.1) is 5.92 Å². The zero-order chi connectivity index (χ0) is 19.0. The summed E-state index contributed by atoms with van der Waals surface area (Å²) in [6, 6.07) is 5.05. The van der Waals surface area contributed by atoms with Crippen LogP contribution in [-0.2, 0) is 14.3 Å². The molecule has 0 spiro atoms. The number of benzene rings is 1. The fraction of sp³-hybridized carbons (Fsp3) is 0.500. The molecule has 0 fully saturated rings. The summed E-state index contributed by atoms with van der Waals surface area (Å²) < 4.78 is 4.84. The Morgan fingerprint density at radius 2 is 1.69 bits per heavy atom. The van der Waals surface area contributed by atoms with Crippen molar-refractivity contribution in [3.8, 4) is 0 Å². The quantitative estimate of drug-likeness (QED) is 0.593. The average molecular weight is 386 g/mol. The minimum atomic E-state index is -0.735. The molecule has 0 aliphatic rings. The molecule has 2 atom stereocenters. The van der Waals surface area contributed by atoms with Crippen molar-refractivity contribution in [2.24, 2.45) is 11.7 Å². The molecule has 0 saturated heterocycles. The molecule has 1 unspecified atom stereocenters. The molecular weight excluding hydrogens is 358 g/mol. The van der Waals surface area contributed by atoms with E-state index in [2.05, 4.69) is 10.6 Å². The molecule has 0 bridgehead atoms. The number of nitrogens with two attached hydrogens (primary N) is 1. The fourth-order valence-corrected chi connectivity index (χ4v) is 2.16. The number of anilines is 1. The number of carbonyl (C=O) groups excluding carboxylic acids is 3. The summed E-state index contributed by atoms with van der Waals surface area (Å²) in [5.74, 6) is -0.816. The second kappa shape index (κ2) is 11.5. The van der Waals surface area contributed by atoms with Gasteiger partial charge in [-0.1, -0.05) is 13.8 Å². The summed E-state index contributed by atoms with van der Waals surface area (Å²) in [5.41, 5.74) is 6.76. The molecule has 1 aromatic carbocycles. The van der Waals surface area contributed by atoms with E-state index in [0.29, 0.717) is 23.6 Å². The first-order valence-electron chi connectivity index (χ1n) is 8.38. The van der Waals surface area contributed by atoms with E-state index in [0.717, 1.165) is 0 Å². The summed E-state index contributed by atoms with van der Waals surface area (Å²) in [7, 11) is 0. The van der Waals surface area contributed by atoms with Gasteiger partial charge in [0.1, 0.15) is 6.04 Å². The largest absolute Gasteiger partial charge is 0.464 e. The lowest BCUT2D eigenvalue weighted by Gasteiger charge is -2.15. The van der Waals surface area contributed by atoms with Crippen molar-refractivity contribution in [1.82, 2.24) is 5.32 Å². The lowest BCUT2D eigenvalue weighted by atomic mass is 10.0. The van der Waals surface area contributed by atoms with Gasteiger partial charge < -0.3 is 21.1 Å². The van der Waals surface area contributed by atoms with E-state index in [1.165, 1.54) is 0 Å². The van der Waals surface area contributed by atoms with Crippen molar-refractivity contribution < 1.29 is 19.1 Å². The third-order valence-electron chi connectivity index (χ3n) is 3.46. The van der Waals surface area contributed by atoms with Gasteiger partial charge in [0.2, 0.25) is 5.91 Å². The molecule has 0 aromatic heterocycles. The number of hydrogen-bond donors (Lipinski definition) is 3. The highest BCUT2D eigenvalue weighted by atomic mass is 35.5. The highest BCUT2D eigenvalue weighted by Gasteiger charge is 2.18. The molecule has 4 N–H and O–H groups in total. The minimum absolute atomic E-state index is 0. The van der Waals surface area contributed by atoms with E-state index in [-0.39, 0.29) is 24.9 Å². The lowest BCUT2D eigenvalue weighted by Crippen LogP contribution is -2.39. The van der Waals surface area contributed by atoms with Crippen LogP contribution in [0.5, 0.6) is 0 Å². The molecule has 0 saturated carbocycles. The van der Waals surface area contributed by atoms with Gasteiger partial charge in [-0.15, -0.1) is 12.4 Å². The first-order valence-corrected chi connectivity index (χ1v) is 8.38. The van der Waals surface area contributed by atoms with Gasteiger partial charge in [0.15, 0.2) is 0 Å². The van der Waals surface area contributed by atoms with Crippen LogP contribution in [0.15, 0.2) is 24.3 Å². The van der Waals surface area contributed by atoms with Crippen molar-refractivity contribution >= 4 is 35.9 Å². The normalized spacial score (nSPS) is 12.5. The van der Waals surface area contributed by atoms with Gasteiger partial charge in [-0.3, -0.25) is 9.59 Å². The number of hydrogen-bond acceptors (Lipinski definition) is 5. The number of rotatable bonds is 8. The lowest BCUT2D eigenvalue weighted by molar-refractivity contribution is -0.144. The maximum Gasteiger partial charge on any atom is 0.328 e. The molecule has 0 aliphatic heterocycles. The summed E-state index contributed by atoms with van der Waals surface area (Å²) in [6.07, 6.45) is 0.595. The predicted octanol–water partition coefficient (Wildman–Crippen LogP) is 2.10. The van der Waals surface area contributed by atoms with Crippen LogP contribution in [0.1, 0.15) is 44.5 Å². The third kappa shape index (κ3) is 7.84. The van der Waals surface area contributed by atoms with Gasteiger partial charge in [-0.2, -0.15) is 0 Å².